The SMILES string of the molecule is COC(=O)c1ccccc1NC(=O)c1cccc(OCC(C)C)c1. The monoisotopic (exact) mass is 327 g/mol. The van der Waals surface area contributed by atoms with E-state index in [-0.39, 0.29) is 5.91 Å². The first kappa shape index (κ1) is 17.5. The van der Waals surface area contributed by atoms with E-state index in [0.29, 0.717) is 35.1 Å². The third kappa shape index (κ3) is 4.59. The van der Waals surface area contributed by atoms with Crippen molar-refractivity contribution < 1.29 is 19.1 Å². The van der Waals surface area contributed by atoms with E-state index < -0.39 is 5.97 Å². The number of nitrogens with one attached hydrogen (secondary N) is 1. The Hall–Kier alpha value is -2.82. The molecule has 0 radical (unpaired) electrons. The van der Waals surface area contributed by atoms with Crippen molar-refractivity contribution >= 4 is 17.6 Å². The average Bonchev–Trinajstić information content (AvgIpc) is 2.60. The van der Waals surface area contributed by atoms with E-state index in [2.05, 4.69) is 19.2 Å². The number of hydrogen-bond donors (Lipinski definition) is 1. The minimum atomic E-state index is -0.500. The molecule has 0 unspecified atom stereocenters. The lowest BCUT2D eigenvalue weighted by Crippen LogP contribution is -2.15. The van der Waals surface area contributed by atoms with Crippen molar-refractivity contribution in [1.29, 1.82) is 0 Å². The highest BCUT2D eigenvalue weighted by Gasteiger charge is 2.14. The number of para-hydroxylation sites is 1. The number of benzene rings is 2. The van der Waals surface area contributed by atoms with E-state index in [4.69, 9.17) is 9.47 Å². The molecule has 0 spiro atoms. The summed E-state index contributed by atoms with van der Waals surface area (Å²) in [6.45, 7) is 4.69. The molecule has 1 N–H and O–H groups in total. The Bertz CT molecular complexity index is 725. The molecule has 0 aliphatic rings. The number of esters is 1. The molecule has 0 bridgehead atoms. The molecule has 2 rings (SSSR count). The first-order valence-electron chi connectivity index (χ1n) is 7.73. The molecule has 0 aliphatic carbocycles. The fourth-order valence-corrected chi connectivity index (χ4v) is 2.06. The van der Waals surface area contributed by atoms with E-state index in [0.717, 1.165) is 0 Å². The fraction of sp³-hybridized carbons (Fsp3) is 0.263. The Balaban J connectivity index is 2.16. The maximum atomic E-state index is 12.4. The van der Waals surface area contributed by atoms with Crippen molar-refractivity contribution in [3.63, 3.8) is 0 Å². The van der Waals surface area contributed by atoms with Gasteiger partial charge in [0.25, 0.3) is 5.91 Å². The molecule has 2 aromatic rings. The van der Waals surface area contributed by atoms with Crippen molar-refractivity contribution in [2.75, 3.05) is 19.0 Å². The van der Waals surface area contributed by atoms with Crippen LogP contribution in [0.3, 0.4) is 0 Å². The molecule has 0 saturated carbocycles. The number of ether oxygens (including phenoxy) is 2. The topological polar surface area (TPSA) is 64.6 Å². The van der Waals surface area contributed by atoms with Gasteiger partial charge in [-0.15, -0.1) is 0 Å². The van der Waals surface area contributed by atoms with Crippen LogP contribution in [-0.2, 0) is 4.74 Å². The zero-order valence-electron chi connectivity index (χ0n) is 14.0. The Labute approximate surface area is 141 Å². The summed E-state index contributed by atoms with van der Waals surface area (Å²) in [7, 11) is 1.30. The normalized spacial score (nSPS) is 10.3. The van der Waals surface area contributed by atoms with Crippen LogP contribution in [0.5, 0.6) is 5.75 Å². The molecule has 126 valence electrons. The molecule has 2 aromatic carbocycles. The predicted octanol–water partition coefficient (Wildman–Crippen LogP) is 3.76. The lowest BCUT2D eigenvalue weighted by molar-refractivity contribution is 0.0602. The van der Waals surface area contributed by atoms with Crippen LogP contribution in [0.2, 0.25) is 0 Å². The minimum Gasteiger partial charge on any atom is -0.493 e. The molecule has 0 aliphatic heterocycles. The number of hydrogen-bond acceptors (Lipinski definition) is 4. The van der Waals surface area contributed by atoms with E-state index in [9.17, 15) is 9.59 Å². The first-order chi connectivity index (χ1) is 11.5. The summed E-state index contributed by atoms with van der Waals surface area (Å²) in [5, 5.41) is 2.74. The summed E-state index contributed by atoms with van der Waals surface area (Å²) in [5.41, 5.74) is 1.17. The van der Waals surface area contributed by atoms with E-state index >= 15 is 0 Å². The van der Waals surface area contributed by atoms with Gasteiger partial charge in [-0.05, 0) is 36.2 Å². The lowest BCUT2D eigenvalue weighted by atomic mass is 10.1. The molecule has 0 heterocycles. The van der Waals surface area contributed by atoms with E-state index in [1.54, 1.807) is 42.5 Å². The van der Waals surface area contributed by atoms with Crippen LogP contribution >= 0.6 is 0 Å². The smallest absolute Gasteiger partial charge is 0.339 e. The summed E-state index contributed by atoms with van der Waals surface area (Å²) >= 11 is 0. The molecule has 5 heteroatoms. The van der Waals surface area contributed by atoms with Gasteiger partial charge in [-0.25, -0.2) is 4.79 Å². The van der Waals surface area contributed by atoms with Crippen LogP contribution in [0.1, 0.15) is 34.6 Å². The Morgan fingerprint density at radius 1 is 1.08 bits per heavy atom. The Morgan fingerprint density at radius 3 is 2.54 bits per heavy atom. The highest BCUT2D eigenvalue weighted by atomic mass is 16.5. The molecule has 0 saturated heterocycles. The van der Waals surface area contributed by atoms with Gasteiger partial charge in [-0.1, -0.05) is 32.0 Å². The largest absolute Gasteiger partial charge is 0.493 e. The molecular weight excluding hydrogens is 306 g/mol. The summed E-state index contributed by atoms with van der Waals surface area (Å²) in [6, 6.07) is 13.6. The standard InChI is InChI=1S/C19H21NO4/c1-13(2)12-24-15-8-6-7-14(11-15)18(21)20-17-10-5-4-9-16(17)19(22)23-3/h4-11,13H,12H2,1-3H3,(H,20,21). The molecule has 24 heavy (non-hydrogen) atoms. The number of carbonyl (C=O) groups excluding carboxylic acids is 2. The second-order valence-corrected chi connectivity index (χ2v) is 5.72. The van der Waals surface area contributed by atoms with Gasteiger partial charge >= 0.3 is 5.97 Å². The molecule has 0 fully saturated rings. The summed E-state index contributed by atoms with van der Waals surface area (Å²) in [5.74, 6) is 0.216. The maximum Gasteiger partial charge on any atom is 0.339 e. The van der Waals surface area contributed by atoms with Gasteiger partial charge in [-0.3, -0.25) is 4.79 Å². The molecule has 1 amide bonds. The molecule has 0 aromatic heterocycles. The van der Waals surface area contributed by atoms with Crippen molar-refractivity contribution in [2.24, 2.45) is 5.92 Å². The van der Waals surface area contributed by atoms with Crippen molar-refractivity contribution in [3.05, 3.63) is 59.7 Å². The number of amides is 1. The Morgan fingerprint density at radius 2 is 1.83 bits per heavy atom. The van der Waals surface area contributed by atoms with E-state index in [1.807, 2.05) is 6.07 Å². The van der Waals surface area contributed by atoms with Gasteiger partial charge in [-0.2, -0.15) is 0 Å². The van der Waals surface area contributed by atoms with Crippen LogP contribution in [0.4, 0.5) is 5.69 Å². The summed E-state index contributed by atoms with van der Waals surface area (Å²) in [6.07, 6.45) is 0. The van der Waals surface area contributed by atoms with Crippen LogP contribution < -0.4 is 10.1 Å². The Kier molecular flexibility index (Phi) is 5.95. The fourth-order valence-electron chi connectivity index (χ4n) is 2.06. The highest BCUT2D eigenvalue weighted by Crippen LogP contribution is 2.19. The summed E-state index contributed by atoms with van der Waals surface area (Å²) < 4.78 is 10.4. The number of carbonyl (C=O) groups is 2. The average molecular weight is 327 g/mol. The van der Waals surface area contributed by atoms with Gasteiger partial charge in [0.1, 0.15) is 5.75 Å². The highest BCUT2D eigenvalue weighted by molar-refractivity contribution is 6.08. The van der Waals surface area contributed by atoms with Crippen molar-refractivity contribution in [2.45, 2.75) is 13.8 Å². The summed E-state index contributed by atoms with van der Waals surface area (Å²) in [4.78, 5) is 24.2. The second-order valence-electron chi connectivity index (χ2n) is 5.72. The van der Waals surface area contributed by atoms with Crippen LogP contribution in [0.25, 0.3) is 0 Å². The molecular formula is C19H21NO4. The third-order valence-corrected chi connectivity index (χ3v) is 3.26. The van der Waals surface area contributed by atoms with E-state index in [1.165, 1.54) is 7.11 Å². The van der Waals surface area contributed by atoms with Crippen LogP contribution in [0, 0.1) is 5.92 Å². The lowest BCUT2D eigenvalue weighted by Gasteiger charge is -2.11. The maximum absolute atomic E-state index is 12.4. The number of anilines is 1. The second kappa shape index (κ2) is 8.15. The van der Waals surface area contributed by atoms with Gasteiger partial charge in [0.2, 0.25) is 0 Å². The quantitative estimate of drug-likeness (QED) is 0.821. The third-order valence-electron chi connectivity index (χ3n) is 3.26. The zero-order chi connectivity index (χ0) is 17.5. The van der Waals surface area contributed by atoms with Gasteiger partial charge < -0.3 is 14.8 Å². The van der Waals surface area contributed by atoms with Crippen molar-refractivity contribution in [3.8, 4) is 5.75 Å². The van der Waals surface area contributed by atoms with Crippen molar-refractivity contribution in [1.82, 2.24) is 0 Å². The number of rotatable bonds is 6. The zero-order valence-corrected chi connectivity index (χ0v) is 14.0. The number of methoxy groups -OCH3 is 1. The molecule has 0 atom stereocenters. The minimum absolute atomic E-state index is 0.306. The first-order valence-corrected chi connectivity index (χ1v) is 7.73. The van der Waals surface area contributed by atoms with Gasteiger partial charge in [0.05, 0.1) is 25.0 Å². The van der Waals surface area contributed by atoms with Gasteiger partial charge in [0, 0.05) is 5.56 Å². The predicted molar refractivity (Wildman–Crippen MR) is 92.5 cm³/mol. The van der Waals surface area contributed by atoms with Gasteiger partial charge in [0.15, 0.2) is 0 Å². The van der Waals surface area contributed by atoms with Crippen LogP contribution in [0.15, 0.2) is 48.5 Å². The van der Waals surface area contributed by atoms with Crippen LogP contribution in [-0.4, -0.2) is 25.6 Å². The molecule has 5 nitrogen and oxygen atoms in total.